The molecule has 1 aromatic rings. The average Bonchev–Trinajstić information content (AvgIpc) is 2.17. The summed E-state index contributed by atoms with van der Waals surface area (Å²) in [6.45, 7) is 1.64. The second-order valence-corrected chi connectivity index (χ2v) is 5.45. The molecule has 78 valence electrons. The monoisotopic (exact) mass is 215 g/mol. The molecule has 0 aromatic heterocycles. The van der Waals surface area contributed by atoms with Crippen molar-refractivity contribution < 1.29 is 13.5 Å². The molecule has 1 unspecified atom stereocenters. The number of rotatable bonds is 3. The van der Waals surface area contributed by atoms with Crippen LogP contribution in [0, 0.1) is 0 Å². The predicted molar refractivity (Wildman–Crippen MR) is 53.8 cm³/mol. The van der Waals surface area contributed by atoms with Gasteiger partial charge in [-0.25, -0.2) is 8.42 Å². The first-order valence-corrected chi connectivity index (χ1v) is 5.76. The zero-order valence-electron chi connectivity index (χ0n) is 7.84. The van der Waals surface area contributed by atoms with Crippen molar-refractivity contribution in [1.82, 2.24) is 0 Å². The van der Waals surface area contributed by atoms with Crippen LogP contribution in [0.15, 0.2) is 29.2 Å². The summed E-state index contributed by atoms with van der Waals surface area (Å²) in [5.41, 5.74) is 5.30. The van der Waals surface area contributed by atoms with Gasteiger partial charge in [0.25, 0.3) is 0 Å². The Labute approximate surface area is 83.3 Å². The Bertz CT molecular complexity index is 397. The Kier molecular flexibility index (Phi) is 3.13. The molecule has 3 N–H and O–H groups in total. The summed E-state index contributed by atoms with van der Waals surface area (Å²) in [6, 6.07) is 5.43. The van der Waals surface area contributed by atoms with E-state index in [9.17, 15) is 8.42 Å². The fourth-order valence-corrected chi connectivity index (χ4v) is 2.23. The molecule has 0 heterocycles. The molecule has 0 aliphatic heterocycles. The Balaban J connectivity index is 3.11. The lowest BCUT2D eigenvalue weighted by molar-refractivity contribution is 0.474. The molecular weight excluding hydrogens is 202 g/mol. The number of benzene rings is 1. The van der Waals surface area contributed by atoms with Crippen molar-refractivity contribution in [2.75, 3.05) is 6.54 Å². The Morgan fingerprint density at radius 1 is 1.36 bits per heavy atom. The summed E-state index contributed by atoms with van der Waals surface area (Å²) in [4.78, 5) is 0.188. The highest BCUT2D eigenvalue weighted by Crippen LogP contribution is 2.18. The minimum absolute atomic E-state index is 0.0457. The molecule has 0 saturated carbocycles. The van der Waals surface area contributed by atoms with Gasteiger partial charge in [-0.05, 0) is 31.2 Å². The van der Waals surface area contributed by atoms with Crippen molar-refractivity contribution in [3.05, 3.63) is 24.3 Å². The summed E-state index contributed by atoms with van der Waals surface area (Å²) < 4.78 is 23.4. The number of phenolic OH excluding ortho intramolecular Hbond substituents is 1. The molecule has 0 saturated heterocycles. The third kappa shape index (κ3) is 2.05. The highest BCUT2D eigenvalue weighted by Gasteiger charge is 2.21. The molecule has 0 radical (unpaired) electrons. The van der Waals surface area contributed by atoms with Crippen molar-refractivity contribution in [2.24, 2.45) is 5.73 Å². The van der Waals surface area contributed by atoms with Gasteiger partial charge in [0.05, 0.1) is 10.1 Å². The van der Waals surface area contributed by atoms with Crippen LogP contribution in [0.5, 0.6) is 5.75 Å². The van der Waals surface area contributed by atoms with Gasteiger partial charge in [0.1, 0.15) is 5.75 Å². The molecule has 0 amide bonds. The summed E-state index contributed by atoms with van der Waals surface area (Å²) in [5, 5.41) is 8.39. The number of hydrogen-bond donors (Lipinski definition) is 2. The maximum absolute atomic E-state index is 11.7. The van der Waals surface area contributed by atoms with E-state index in [1.54, 1.807) is 6.92 Å². The van der Waals surface area contributed by atoms with Crippen molar-refractivity contribution >= 4 is 9.84 Å². The van der Waals surface area contributed by atoms with Crippen LogP contribution in [-0.4, -0.2) is 25.3 Å². The Morgan fingerprint density at radius 3 is 2.29 bits per heavy atom. The van der Waals surface area contributed by atoms with Gasteiger partial charge in [-0.2, -0.15) is 0 Å². The standard InChI is InChI=1S/C9H13NO3S/c1-7(6-10)14(12,13)9-4-2-8(11)3-5-9/h2-5,7,11H,6,10H2,1H3. The van der Waals surface area contributed by atoms with E-state index in [0.717, 1.165) is 0 Å². The Hall–Kier alpha value is -1.07. The van der Waals surface area contributed by atoms with Crippen LogP contribution in [0.3, 0.4) is 0 Å². The van der Waals surface area contributed by atoms with Gasteiger partial charge >= 0.3 is 0 Å². The third-order valence-corrected chi connectivity index (χ3v) is 4.21. The van der Waals surface area contributed by atoms with Gasteiger partial charge in [0.2, 0.25) is 0 Å². The maximum Gasteiger partial charge on any atom is 0.182 e. The van der Waals surface area contributed by atoms with Crippen molar-refractivity contribution in [3.8, 4) is 5.75 Å². The minimum atomic E-state index is -3.34. The third-order valence-electron chi connectivity index (χ3n) is 2.03. The first-order valence-electron chi connectivity index (χ1n) is 4.21. The lowest BCUT2D eigenvalue weighted by atomic mass is 10.3. The molecule has 1 rings (SSSR count). The van der Waals surface area contributed by atoms with Crippen molar-refractivity contribution in [1.29, 1.82) is 0 Å². The molecule has 0 aliphatic carbocycles. The number of sulfone groups is 1. The molecule has 0 bridgehead atoms. The maximum atomic E-state index is 11.7. The van der Waals surface area contributed by atoms with E-state index in [-0.39, 0.29) is 17.2 Å². The molecule has 0 spiro atoms. The van der Waals surface area contributed by atoms with Crippen LogP contribution >= 0.6 is 0 Å². The average molecular weight is 215 g/mol. The fourth-order valence-electron chi connectivity index (χ4n) is 0.995. The summed E-state index contributed by atoms with van der Waals surface area (Å²) in [5.74, 6) is 0.0457. The predicted octanol–water partition coefficient (Wildman–Crippen LogP) is 0.513. The quantitative estimate of drug-likeness (QED) is 0.770. The second kappa shape index (κ2) is 3.98. The van der Waals surface area contributed by atoms with Crippen molar-refractivity contribution in [3.63, 3.8) is 0 Å². The normalized spacial score (nSPS) is 13.9. The molecular formula is C9H13NO3S. The number of phenols is 1. The van der Waals surface area contributed by atoms with Crippen molar-refractivity contribution in [2.45, 2.75) is 17.1 Å². The number of nitrogens with two attached hydrogens (primary N) is 1. The lowest BCUT2D eigenvalue weighted by Gasteiger charge is -2.10. The molecule has 4 nitrogen and oxygen atoms in total. The van der Waals surface area contributed by atoms with Gasteiger partial charge < -0.3 is 10.8 Å². The molecule has 1 atom stereocenters. The van der Waals surface area contributed by atoms with E-state index < -0.39 is 15.1 Å². The molecule has 0 fully saturated rings. The zero-order chi connectivity index (χ0) is 10.8. The summed E-state index contributed by atoms with van der Waals surface area (Å²) in [6.07, 6.45) is 0. The lowest BCUT2D eigenvalue weighted by Crippen LogP contribution is -2.26. The van der Waals surface area contributed by atoms with E-state index in [1.165, 1.54) is 24.3 Å². The van der Waals surface area contributed by atoms with E-state index >= 15 is 0 Å². The van der Waals surface area contributed by atoms with Crippen LogP contribution in [-0.2, 0) is 9.84 Å². The van der Waals surface area contributed by atoms with E-state index in [2.05, 4.69) is 0 Å². The zero-order valence-corrected chi connectivity index (χ0v) is 8.66. The SMILES string of the molecule is CC(CN)S(=O)(=O)c1ccc(O)cc1. The first-order chi connectivity index (χ1) is 6.48. The highest BCUT2D eigenvalue weighted by atomic mass is 32.2. The summed E-state index contributed by atoms with van der Waals surface area (Å²) >= 11 is 0. The van der Waals surface area contributed by atoms with Gasteiger partial charge in [-0.15, -0.1) is 0 Å². The van der Waals surface area contributed by atoms with Crippen LogP contribution in [0.4, 0.5) is 0 Å². The second-order valence-electron chi connectivity index (χ2n) is 3.09. The van der Waals surface area contributed by atoms with Gasteiger partial charge in [0, 0.05) is 6.54 Å². The topological polar surface area (TPSA) is 80.4 Å². The van der Waals surface area contributed by atoms with E-state index in [1.807, 2.05) is 0 Å². The highest BCUT2D eigenvalue weighted by molar-refractivity contribution is 7.92. The molecule has 0 aliphatic rings. The number of hydrogen-bond acceptors (Lipinski definition) is 4. The van der Waals surface area contributed by atoms with Crippen LogP contribution < -0.4 is 5.73 Å². The van der Waals surface area contributed by atoms with Crippen LogP contribution in [0.1, 0.15) is 6.92 Å². The van der Waals surface area contributed by atoms with Gasteiger partial charge in [-0.1, -0.05) is 0 Å². The molecule has 1 aromatic carbocycles. The van der Waals surface area contributed by atoms with Gasteiger partial charge in [-0.3, -0.25) is 0 Å². The summed E-state index contributed by atoms with van der Waals surface area (Å²) in [7, 11) is -3.34. The minimum Gasteiger partial charge on any atom is -0.508 e. The van der Waals surface area contributed by atoms with Crippen LogP contribution in [0.25, 0.3) is 0 Å². The first kappa shape index (κ1) is 11.0. The van der Waals surface area contributed by atoms with E-state index in [4.69, 9.17) is 10.8 Å². The smallest absolute Gasteiger partial charge is 0.182 e. The molecule has 14 heavy (non-hydrogen) atoms. The Morgan fingerprint density at radius 2 is 1.86 bits per heavy atom. The molecule has 5 heteroatoms. The van der Waals surface area contributed by atoms with Crippen LogP contribution in [0.2, 0.25) is 0 Å². The fraction of sp³-hybridized carbons (Fsp3) is 0.333. The van der Waals surface area contributed by atoms with E-state index in [0.29, 0.717) is 0 Å². The van der Waals surface area contributed by atoms with Gasteiger partial charge in [0.15, 0.2) is 9.84 Å². The number of aromatic hydroxyl groups is 1. The largest absolute Gasteiger partial charge is 0.508 e.